The molecule has 0 aliphatic heterocycles. The maximum absolute atomic E-state index is 12.7. The summed E-state index contributed by atoms with van der Waals surface area (Å²) in [5.74, 6) is -0.915. The second-order valence-electron chi connectivity index (χ2n) is 4.96. The highest BCUT2D eigenvalue weighted by Gasteiger charge is 2.09. The molecule has 21 heavy (non-hydrogen) atoms. The van der Waals surface area contributed by atoms with Gasteiger partial charge in [-0.05, 0) is 37.6 Å². The Balaban J connectivity index is 2.29. The van der Waals surface area contributed by atoms with Gasteiger partial charge >= 0.3 is 6.03 Å². The Kier molecular flexibility index (Phi) is 7.21. The van der Waals surface area contributed by atoms with Crippen molar-refractivity contribution in [3.05, 3.63) is 35.6 Å². The maximum atomic E-state index is 12.7. The molecule has 0 unspecified atom stereocenters. The van der Waals surface area contributed by atoms with Gasteiger partial charge < -0.3 is 5.32 Å². The summed E-state index contributed by atoms with van der Waals surface area (Å²) < 4.78 is 12.7. The van der Waals surface area contributed by atoms with Gasteiger partial charge in [0.25, 0.3) is 5.91 Å². The lowest BCUT2D eigenvalue weighted by atomic mass is 10.1. The minimum atomic E-state index is -0.496. The zero-order valence-corrected chi connectivity index (χ0v) is 12.4. The SMILES string of the molecule is CCCCC[C@H](C)NC(=O)NNC(=O)c1ccc(F)cc1. The van der Waals surface area contributed by atoms with E-state index in [1.807, 2.05) is 6.92 Å². The van der Waals surface area contributed by atoms with Gasteiger partial charge in [-0.1, -0.05) is 26.2 Å². The molecule has 0 aliphatic carbocycles. The zero-order chi connectivity index (χ0) is 15.7. The van der Waals surface area contributed by atoms with Crippen LogP contribution in [0.25, 0.3) is 0 Å². The first kappa shape index (κ1) is 16.9. The minimum Gasteiger partial charge on any atom is -0.334 e. The quantitative estimate of drug-likeness (QED) is 0.558. The summed E-state index contributed by atoms with van der Waals surface area (Å²) in [5.41, 5.74) is 4.81. The Morgan fingerprint density at radius 1 is 1.14 bits per heavy atom. The lowest BCUT2D eigenvalue weighted by Crippen LogP contribution is -2.49. The molecule has 0 aliphatic rings. The van der Waals surface area contributed by atoms with Crippen molar-refractivity contribution in [2.24, 2.45) is 0 Å². The van der Waals surface area contributed by atoms with Gasteiger partial charge in [0.15, 0.2) is 0 Å². The van der Waals surface area contributed by atoms with Crippen LogP contribution >= 0.6 is 0 Å². The second-order valence-corrected chi connectivity index (χ2v) is 4.96. The van der Waals surface area contributed by atoms with E-state index in [0.717, 1.165) is 25.7 Å². The number of amides is 3. The highest BCUT2D eigenvalue weighted by Crippen LogP contribution is 2.03. The number of halogens is 1. The smallest absolute Gasteiger partial charge is 0.333 e. The fourth-order valence-electron chi connectivity index (χ4n) is 1.82. The molecule has 0 aromatic heterocycles. The first-order valence-electron chi connectivity index (χ1n) is 7.15. The summed E-state index contributed by atoms with van der Waals surface area (Å²) in [7, 11) is 0. The van der Waals surface area contributed by atoms with E-state index in [2.05, 4.69) is 23.1 Å². The fourth-order valence-corrected chi connectivity index (χ4v) is 1.82. The van der Waals surface area contributed by atoms with Gasteiger partial charge in [-0.2, -0.15) is 0 Å². The molecule has 6 heteroatoms. The third-order valence-corrected chi connectivity index (χ3v) is 3.01. The van der Waals surface area contributed by atoms with Crippen molar-refractivity contribution in [2.45, 2.75) is 45.6 Å². The van der Waals surface area contributed by atoms with Crippen molar-refractivity contribution >= 4 is 11.9 Å². The topological polar surface area (TPSA) is 70.2 Å². The molecule has 1 aromatic rings. The van der Waals surface area contributed by atoms with Crippen LogP contribution < -0.4 is 16.2 Å². The van der Waals surface area contributed by atoms with E-state index in [0.29, 0.717) is 0 Å². The van der Waals surface area contributed by atoms with Crippen LogP contribution in [0.5, 0.6) is 0 Å². The largest absolute Gasteiger partial charge is 0.334 e. The Hall–Kier alpha value is -2.11. The first-order valence-corrected chi connectivity index (χ1v) is 7.15. The molecule has 0 saturated heterocycles. The third kappa shape index (κ3) is 6.74. The van der Waals surface area contributed by atoms with E-state index < -0.39 is 17.8 Å². The summed E-state index contributed by atoms with van der Waals surface area (Å²) in [6.45, 7) is 4.03. The van der Waals surface area contributed by atoms with E-state index in [4.69, 9.17) is 0 Å². The number of carbonyl (C=O) groups is 2. The molecule has 3 N–H and O–H groups in total. The molecule has 0 bridgehead atoms. The van der Waals surface area contributed by atoms with Crippen LogP contribution in [0.4, 0.5) is 9.18 Å². The molecule has 116 valence electrons. The molecule has 0 spiro atoms. The number of carbonyl (C=O) groups excluding carboxylic acids is 2. The molecule has 1 rings (SSSR count). The molecular formula is C15H22FN3O2. The molecule has 1 aromatic carbocycles. The van der Waals surface area contributed by atoms with Crippen LogP contribution in [0, 0.1) is 5.82 Å². The number of unbranched alkanes of at least 4 members (excludes halogenated alkanes) is 2. The monoisotopic (exact) mass is 295 g/mol. The molecule has 5 nitrogen and oxygen atoms in total. The molecule has 0 fully saturated rings. The van der Waals surface area contributed by atoms with Crippen LogP contribution in [0.3, 0.4) is 0 Å². The lowest BCUT2D eigenvalue weighted by Gasteiger charge is -2.14. The van der Waals surface area contributed by atoms with Crippen molar-refractivity contribution < 1.29 is 14.0 Å². The Morgan fingerprint density at radius 2 is 1.81 bits per heavy atom. The van der Waals surface area contributed by atoms with Gasteiger partial charge in [-0.25, -0.2) is 14.6 Å². The fraction of sp³-hybridized carbons (Fsp3) is 0.467. The van der Waals surface area contributed by atoms with Gasteiger partial charge in [-0.3, -0.25) is 10.2 Å². The molecule has 0 heterocycles. The van der Waals surface area contributed by atoms with E-state index in [1.165, 1.54) is 24.3 Å². The molecule has 1 atom stereocenters. The molecular weight excluding hydrogens is 273 g/mol. The van der Waals surface area contributed by atoms with E-state index in [9.17, 15) is 14.0 Å². The van der Waals surface area contributed by atoms with Crippen LogP contribution in [0.2, 0.25) is 0 Å². The lowest BCUT2D eigenvalue weighted by molar-refractivity contribution is 0.0935. The Bertz CT molecular complexity index is 462. The number of hydrogen-bond acceptors (Lipinski definition) is 2. The third-order valence-electron chi connectivity index (χ3n) is 3.01. The number of urea groups is 1. The minimum absolute atomic E-state index is 0.0410. The first-order chi connectivity index (χ1) is 10.0. The second kappa shape index (κ2) is 8.94. The molecule has 0 radical (unpaired) electrons. The number of rotatable bonds is 6. The highest BCUT2D eigenvalue weighted by molar-refractivity contribution is 5.95. The predicted molar refractivity (Wildman–Crippen MR) is 79.1 cm³/mol. The van der Waals surface area contributed by atoms with E-state index in [1.54, 1.807) is 0 Å². The highest BCUT2D eigenvalue weighted by atomic mass is 19.1. The molecule has 0 saturated carbocycles. The van der Waals surface area contributed by atoms with E-state index in [-0.39, 0.29) is 11.6 Å². The Morgan fingerprint density at radius 3 is 2.43 bits per heavy atom. The van der Waals surface area contributed by atoms with Gasteiger partial charge in [-0.15, -0.1) is 0 Å². The zero-order valence-electron chi connectivity index (χ0n) is 12.4. The molecule has 3 amide bonds. The van der Waals surface area contributed by atoms with E-state index >= 15 is 0 Å². The van der Waals surface area contributed by atoms with Crippen LogP contribution in [-0.2, 0) is 0 Å². The number of nitrogens with one attached hydrogen (secondary N) is 3. The normalized spacial score (nSPS) is 11.6. The van der Waals surface area contributed by atoms with Crippen molar-refractivity contribution in [1.29, 1.82) is 0 Å². The van der Waals surface area contributed by atoms with Crippen LogP contribution in [0.15, 0.2) is 24.3 Å². The summed E-state index contributed by atoms with van der Waals surface area (Å²) in [5, 5.41) is 2.73. The number of benzene rings is 1. The summed E-state index contributed by atoms with van der Waals surface area (Å²) in [6, 6.07) is 4.64. The number of hydrogen-bond donors (Lipinski definition) is 3. The average Bonchev–Trinajstić information content (AvgIpc) is 2.46. The van der Waals surface area contributed by atoms with Crippen molar-refractivity contribution in [2.75, 3.05) is 0 Å². The van der Waals surface area contributed by atoms with Crippen molar-refractivity contribution in [1.82, 2.24) is 16.2 Å². The van der Waals surface area contributed by atoms with Crippen molar-refractivity contribution in [3.8, 4) is 0 Å². The van der Waals surface area contributed by atoms with Gasteiger partial charge in [0.2, 0.25) is 0 Å². The van der Waals surface area contributed by atoms with Crippen LogP contribution in [-0.4, -0.2) is 18.0 Å². The predicted octanol–water partition coefficient (Wildman–Crippen LogP) is 2.74. The number of hydrazine groups is 1. The maximum Gasteiger partial charge on any atom is 0.333 e. The Labute approximate surface area is 124 Å². The summed E-state index contributed by atoms with van der Waals surface area (Å²) in [4.78, 5) is 23.3. The summed E-state index contributed by atoms with van der Waals surface area (Å²) >= 11 is 0. The van der Waals surface area contributed by atoms with Crippen LogP contribution in [0.1, 0.15) is 49.9 Å². The standard InChI is InChI=1S/C15H22FN3O2/c1-3-4-5-6-11(2)17-15(21)19-18-14(20)12-7-9-13(16)10-8-12/h7-11H,3-6H2,1-2H3,(H,18,20)(H2,17,19,21)/t11-/m0/s1. The van der Waals surface area contributed by atoms with Gasteiger partial charge in [0.05, 0.1) is 0 Å². The average molecular weight is 295 g/mol. The van der Waals surface area contributed by atoms with Gasteiger partial charge in [0.1, 0.15) is 5.82 Å². The van der Waals surface area contributed by atoms with Crippen molar-refractivity contribution in [3.63, 3.8) is 0 Å². The summed E-state index contributed by atoms with van der Waals surface area (Å²) in [6.07, 6.45) is 4.22. The van der Waals surface area contributed by atoms with Gasteiger partial charge in [0, 0.05) is 11.6 Å².